The average molecular weight is 290 g/mol. The van der Waals surface area contributed by atoms with Crippen LogP contribution in [0.2, 0.25) is 0 Å². The van der Waals surface area contributed by atoms with Crippen molar-refractivity contribution < 1.29 is 9.59 Å². The molecule has 2 rings (SSSR count). The number of nitrogen functional groups attached to an aromatic ring is 1. The van der Waals surface area contributed by atoms with E-state index in [1.165, 1.54) is 0 Å². The summed E-state index contributed by atoms with van der Waals surface area (Å²) in [6, 6.07) is 5.72. The van der Waals surface area contributed by atoms with Gasteiger partial charge in [0, 0.05) is 17.4 Å². The SMILES string of the molecule is Cc1ccc(N)cc1NC(=O)CN(C)CC(=O)NC1CC1. The number of carbonyl (C=O) groups is 2. The average Bonchev–Trinajstić information content (AvgIpc) is 3.17. The van der Waals surface area contributed by atoms with Gasteiger partial charge in [-0.05, 0) is 44.5 Å². The van der Waals surface area contributed by atoms with Crippen LogP contribution in [0.5, 0.6) is 0 Å². The minimum absolute atomic E-state index is 0.0343. The van der Waals surface area contributed by atoms with Gasteiger partial charge in [-0.3, -0.25) is 14.5 Å². The van der Waals surface area contributed by atoms with Crippen LogP contribution in [-0.2, 0) is 9.59 Å². The Balaban J connectivity index is 1.80. The third-order valence-electron chi connectivity index (χ3n) is 3.31. The van der Waals surface area contributed by atoms with E-state index in [0.29, 0.717) is 17.4 Å². The van der Waals surface area contributed by atoms with Gasteiger partial charge in [0.2, 0.25) is 11.8 Å². The van der Waals surface area contributed by atoms with Gasteiger partial charge in [-0.25, -0.2) is 0 Å². The zero-order valence-corrected chi connectivity index (χ0v) is 12.5. The fourth-order valence-corrected chi connectivity index (χ4v) is 2.01. The van der Waals surface area contributed by atoms with E-state index < -0.39 is 0 Å². The van der Waals surface area contributed by atoms with Gasteiger partial charge >= 0.3 is 0 Å². The second kappa shape index (κ2) is 6.58. The fourth-order valence-electron chi connectivity index (χ4n) is 2.01. The zero-order chi connectivity index (χ0) is 15.4. The molecule has 0 radical (unpaired) electrons. The topological polar surface area (TPSA) is 87.5 Å². The second-order valence-electron chi connectivity index (χ2n) is 5.64. The molecular weight excluding hydrogens is 268 g/mol. The molecule has 1 fully saturated rings. The number of hydrogen-bond donors (Lipinski definition) is 3. The molecule has 1 aliphatic rings. The molecule has 0 saturated heterocycles. The van der Waals surface area contributed by atoms with Gasteiger partial charge in [-0.15, -0.1) is 0 Å². The monoisotopic (exact) mass is 290 g/mol. The summed E-state index contributed by atoms with van der Waals surface area (Å²) in [5.74, 6) is -0.196. The molecule has 0 atom stereocenters. The van der Waals surface area contributed by atoms with E-state index in [-0.39, 0.29) is 24.9 Å². The summed E-state index contributed by atoms with van der Waals surface area (Å²) in [6.07, 6.45) is 2.12. The first-order valence-electron chi connectivity index (χ1n) is 7.08. The number of nitrogens with zero attached hydrogens (tertiary/aromatic N) is 1. The van der Waals surface area contributed by atoms with E-state index in [1.807, 2.05) is 13.0 Å². The highest BCUT2D eigenvalue weighted by molar-refractivity contribution is 5.93. The van der Waals surface area contributed by atoms with Crippen LogP contribution in [0, 0.1) is 6.92 Å². The number of aryl methyl sites for hydroxylation is 1. The lowest BCUT2D eigenvalue weighted by Crippen LogP contribution is -2.39. The van der Waals surface area contributed by atoms with Crippen molar-refractivity contribution in [1.82, 2.24) is 10.2 Å². The predicted molar refractivity (Wildman–Crippen MR) is 82.9 cm³/mol. The van der Waals surface area contributed by atoms with Crippen LogP contribution in [0.25, 0.3) is 0 Å². The molecule has 6 heteroatoms. The molecule has 1 aromatic carbocycles. The van der Waals surface area contributed by atoms with E-state index >= 15 is 0 Å². The Morgan fingerprint density at radius 3 is 2.62 bits per heavy atom. The molecule has 0 spiro atoms. The Morgan fingerprint density at radius 1 is 1.29 bits per heavy atom. The summed E-state index contributed by atoms with van der Waals surface area (Å²) in [5.41, 5.74) is 7.97. The van der Waals surface area contributed by atoms with Crippen LogP contribution in [-0.4, -0.2) is 42.9 Å². The van der Waals surface area contributed by atoms with Crippen molar-refractivity contribution in [3.05, 3.63) is 23.8 Å². The molecule has 6 nitrogen and oxygen atoms in total. The van der Waals surface area contributed by atoms with Gasteiger partial charge in [0.1, 0.15) is 0 Å². The molecule has 0 bridgehead atoms. The lowest BCUT2D eigenvalue weighted by atomic mass is 10.2. The van der Waals surface area contributed by atoms with Crippen LogP contribution in [0.4, 0.5) is 11.4 Å². The summed E-state index contributed by atoms with van der Waals surface area (Å²) in [7, 11) is 1.75. The van der Waals surface area contributed by atoms with E-state index in [1.54, 1.807) is 24.1 Å². The molecule has 1 aromatic rings. The van der Waals surface area contributed by atoms with E-state index in [2.05, 4.69) is 10.6 Å². The third kappa shape index (κ3) is 5.07. The smallest absolute Gasteiger partial charge is 0.238 e. The number of anilines is 2. The first-order valence-corrected chi connectivity index (χ1v) is 7.08. The molecule has 0 heterocycles. The van der Waals surface area contributed by atoms with Gasteiger partial charge < -0.3 is 16.4 Å². The molecule has 1 saturated carbocycles. The predicted octanol–water partition coefficient (Wildman–Crippen LogP) is 0.726. The second-order valence-corrected chi connectivity index (χ2v) is 5.64. The van der Waals surface area contributed by atoms with Crippen LogP contribution in [0.3, 0.4) is 0 Å². The van der Waals surface area contributed by atoms with Crippen molar-refractivity contribution in [2.45, 2.75) is 25.8 Å². The van der Waals surface area contributed by atoms with Gasteiger partial charge in [-0.2, -0.15) is 0 Å². The molecule has 4 N–H and O–H groups in total. The number of likely N-dealkylation sites (N-methyl/N-ethyl adjacent to an activating group) is 1. The van der Waals surface area contributed by atoms with Crippen LogP contribution < -0.4 is 16.4 Å². The fraction of sp³-hybridized carbons (Fsp3) is 0.467. The first-order chi connectivity index (χ1) is 9.94. The molecule has 1 aliphatic carbocycles. The number of nitrogens with two attached hydrogens (primary N) is 1. The third-order valence-corrected chi connectivity index (χ3v) is 3.31. The van der Waals surface area contributed by atoms with Crippen molar-refractivity contribution in [3.8, 4) is 0 Å². The van der Waals surface area contributed by atoms with Crippen molar-refractivity contribution in [1.29, 1.82) is 0 Å². The van der Waals surface area contributed by atoms with Crippen LogP contribution in [0.1, 0.15) is 18.4 Å². The molecule has 0 aromatic heterocycles. The largest absolute Gasteiger partial charge is 0.399 e. The highest BCUT2D eigenvalue weighted by Crippen LogP contribution is 2.19. The lowest BCUT2D eigenvalue weighted by Gasteiger charge is -2.16. The Bertz CT molecular complexity index is 540. The summed E-state index contributed by atoms with van der Waals surface area (Å²) in [5, 5.41) is 5.71. The lowest BCUT2D eigenvalue weighted by molar-refractivity contribution is -0.123. The Morgan fingerprint density at radius 2 is 1.95 bits per heavy atom. The first kappa shape index (κ1) is 15.3. The van der Waals surface area contributed by atoms with Crippen molar-refractivity contribution in [2.75, 3.05) is 31.2 Å². The highest BCUT2D eigenvalue weighted by atomic mass is 16.2. The normalized spacial score (nSPS) is 14.0. The van der Waals surface area contributed by atoms with Crippen molar-refractivity contribution in [3.63, 3.8) is 0 Å². The van der Waals surface area contributed by atoms with Crippen molar-refractivity contribution in [2.24, 2.45) is 0 Å². The molecule has 21 heavy (non-hydrogen) atoms. The van der Waals surface area contributed by atoms with Crippen LogP contribution >= 0.6 is 0 Å². The standard InChI is InChI=1S/C15H22N4O2/c1-10-3-4-11(16)7-13(10)18-15(21)9-19(2)8-14(20)17-12-5-6-12/h3-4,7,12H,5-6,8-9,16H2,1-2H3,(H,17,20)(H,18,21). The number of benzene rings is 1. The maximum atomic E-state index is 12.0. The quantitative estimate of drug-likeness (QED) is 0.674. The maximum Gasteiger partial charge on any atom is 0.238 e. The molecule has 2 amide bonds. The summed E-state index contributed by atoms with van der Waals surface area (Å²) < 4.78 is 0. The van der Waals surface area contributed by atoms with E-state index in [9.17, 15) is 9.59 Å². The van der Waals surface area contributed by atoms with E-state index in [4.69, 9.17) is 5.73 Å². The van der Waals surface area contributed by atoms with Gasteiger partial charge in [0.25, 0.3) is 0 Å². The number of hydrogen-bond acceptors (Lipinski definition) is 4. The van der Waals surface area contributed by atoms with Gasteiger partial charge in [0.15, 0.2) is 0 Å². The highest BCUT2D eigenvalue weighted by Gasteiger charge is 2.23. The molecular formula is C15H22N4O2. The van der Waals surface area contributed by atoms with Crippen molar-refractivity contribution >= 4 is 23.2 Å². The molecule has 0 unspecified atom stereocenters. The Kier molecular flexibility index (Phi) is 4.80. The summed E-state index contributed by atoms with van der Waals surface area (Å²) >= 11 is 0. The van der Waals surface area contributed by atoms with E-state index in [0.717, 1.165) is 18.4 Å². The number of amides is 2. The molecule has 114 valence electrons. The zero-order valence-electron chi connectivity index (χ0n) is 12.5. The van der Waals surface area contributed by atoms with Gasteiger partial charge in [0.05, 0.1) is 13.1 Å². The number of rotatable bonds is 6. The van der Waals surface area contributed by atoms with Crippen LogP contribution in [0.15, 0.2) is 18.2 Å². The number of nitrogens with one attached hydrogen (secondary N) is 2. The van der Waals surface area contributed by atoms with Gasteiger partial charge in [-0.1, -0.05) is 6.07 Å². The minimum atomic E-state index is -0.162. The number of carbonyl (C=O) groups excluding carboxylic acids is 2. The summed E-state index contributed by atoms with van der Waals surface area (Å²) in [4.78, 5) is 25.3. The molecule has 0 aliphatic heterocycles. The maximum absolute atomic E-state index is 12.0. The Labute approximate surface area is 124 Å². The Hall–Kier alpha value is -2.08. The minimum Gasteiger partial charge on any atom is -0.399 e. The summed E-state index contributed by atoms with van der Waals surface area (Å²) in [6.45, 7) is 2.29.